The highest BCUT2D eigenvalue weighted by molar-refractivity contribution is 7.99. The Kier molecular flexibility index (Phi) is 8.64. The number of imide groups is 1. The van der Waals surface area contributed by atoms with E-state index in [1.54, 1.807) is 0 Å². The molecule has 1 aliphatic rings. The van der Waals surface area contributed by atoms with Gasteiger partial charge in [0.05, 0.1) is 5.75 Å². The van der Waals surface area contributed by atoms with Gasteiger partial charge in [-0.2, -0.15) is 0 Å². The molecule has 27 heavy (non-hydrogen) atoms. The largest absolute Gasteiger partial charge is 0.452 e. The van der Waals surface area contributed by atoms with Crippen LogP contribution in [0.15, 0.2) is 24.3 Å². The van der Waals surface area contributed by atoms with E-state index in [1.165, 1.54) is 30.7 Å². The number of esters is 1. The Bertz CT molecular complexity index is 642. The van der Waals surface area contributed by atoms with Gasteiger partial charge < -0.3 is 10.1 Å². The summed E-state index contributed by atoms with van der Waals surface area (Å²) in [5, 5.41) is 5.05. The number of carbonyl (C=O) groups excluding carboxylic acids is 3. The zero-order valence-corrected chi connectivity index (χ0v) is 16.8. The lowest BCUT2D eigenvalue weighted by molar-refractivity contribution is -0.151. The number of thioether (sulfide) groups is 1. The number of hydrogen-bond acceptors (Lipinski definition) is 5. The standard InChI is InChI=1S/C20H28N2O4S/c1-14-8-10-16(11-9-14)12-27-13-18(23)26-15(2)19(24)22-20(25)21-17-6-4-3-5-7-17/h8-11,15,17H,3-7,12-13H2,1-2H3,(H2,21,22,24,25)/t15-/m0/s1. The number of rotatable bonds is 7. The van der Waals surface area contributed by atoms with Crippen molar-refractivity contribution in [3.63, 3.8) is 0 Å². The molecule has 0 unspecified atom stereocenters. The van der Waals surface area contributed by atoms with Crippen LogP contribution in [0.3, 0.4) is 0 Å². The first-order chi connectivity index (χ1) is 12.9. The molecule has 0 aliphatic heterocycles. The van der Waals surface area contributed by atoms with Gasteiger partial charge in [-0.1, -0.05) is 49.1 Å². The topological polar surface area (TPSA) is 84.5 Å². The lowest BCUT2D eigenvalue weighted by atomic mass is 9.96. The number of amides is 3. The van der Waals surface area contributed by atoms with E-state index in [9.17, 15) is 14.4 Å². The molecule has 1 atom stereocenters. The summed E-state index contributed by atoms with van der Waals surface area (Å²) in [6.45, 7) is 3.49. The summed E-state index contributed by atoms with van der Waals surface area (Å²) >= 11 is 1.43. The Hall–Kier alpha value is -2.02. The monoisotopic (exact) mass is 392 g/mol. The Morgan fingerprint density at radius 1 is 1.15 bits per heavy atom. The average Bonchev–Trinajstić information content (AvgIpc) is 2.64. The second-order valence-electron chi connectivity index (χ2n) is 6.91. The van der Waals surface area contributed by atoms with Crippen LogP contribution in [0, 0.1) is 6.92 Å². The van der Waals surface area contributed by atoms with E-state index in [2.05, 4.69) is 10.6 Å². The van der Waals surface area contributed by atoms with Crippen LogP contribution < -0.4 is 10.6 Å². The van der Waals surface area contributed by atoms with Crippen molar-refractivity contribution in [2.24, 2.45) is 0 Å². The van der Waals surface area contributed by atoms with E-state index in [4.69, 9.17) is 4.74 Å². The summed E-state index contributed by atoms with van der Waals surface area (Å²) in [7, 11) is 0. The van der Waals surface area contributed by atoms with Crippen molar-refractivity contribution >= 4 is 29.7 Å². The zero-order chi connectivity index (χ0) is 19.6. The molecule has 6 nitrogen and oxygen atoms in total. The van der Waals surface area contributed by atoms with E-state index in [1.807, 2.05) is 31.2 Å². The molecular weight excluding hydrogens is 364 g/mol. The molecule has 1 saturated carbocycles. The van der Waals surface area contributed by atoms with Crippen molar-refractivity contribution in [2.75, 3.05) is 5.75 Å². The van der Waals surface area contributed by atoms with Crippen molar-refractivity contribution in [2.45, 2.75) is 63.9 Å². The number of carbonyl (C=O) groups is 3. The smallest absolute Gasteiger partial charge is 0.321 e. The van der Waals surface area contributed by atoms with Crippen LogP contribution in [0.5, 0.6) is 0 Å². The average molecular weight is 393 g/mol. The summed E-state index contributed by atoms with van der Waals surface area (Å²) in [4.78, 5) is 35.8. The van der Waals surface area contributed by atoms with Gasteiger partial charge in [-0.15, -0.1) is 11.8 Å². The van der Waals surface area contributed by atoms with Crippen molar-refractivity contribution in [1.82, 2.24) is 10.6 Å². The Morgan fingerprint density at radius 3 is 2.48 bits per heavy atom. The number of hydrogen-bond donors (Lipinski definition) is 2. The number of ether oxygens (including phenoxy) is 1. The molecule has 0 radical (unpaired) electrons. The minimum atomic E-state index is -1.01. The predicted octanol–water partition coefficient (Wildman–Crippen LogP) is 3.32. The third-order valence-electron chi connectivity index (χ3n) is 4.46. The second-order valence-corrected chi connectivity index (χ2v) is 7.89. The maximum atomic E-state index is 12.0. The number of urea groups is 1. The van der Waals surface area contributed by atoms with Gasteiger partial charge in [0.1, 0.15) is 0 Å². The molecule has 1 fully saturated rings. The van der Waals surface area contributed by atoms with Crippen LogP contribution in [-0.2, 0) is 20.1 Å². The van der Waals surface area contributed by atoms with Crippen LogP contribution in [0.2, 0.25) is 0 Å². The van der Waals surface area contributed by atoms with Gasteiger partial charge in [-0.3, -0.25) is 14.9 Å². The predicted molar refractivity (Wildman–Crippen MR) is 106 cm³/mol. The summed E-state index contributed by atoms with van der Waals surface area (Å²) in [5.74, 6) is -0.234. The van der Waals surface area contributed by atoms with Gasteiger partial charge in [0, 0.05) is 11.8 Å². The zero-order valence-electron chi connectivity index (χ0n) is 16.0. The Morgan fingerprint density at radius 2 is 1.81 bits per heavy atom. The van der Waals surface area contributed by atoms with Crippen LogP contribution in [-0.4, -0.2) is 35.8 Å². The first-order valence-corrected chi connectivity index (χ1v) is 10.5. The van der Waals surface area contributed by atoms with E-state index >= 15 is 0 Å². The van der Waals surface area contributed by atoms with E-state index < -0.39 is 24.0 Å². The van der Waals surface area contributed by atoms with E-state index in [0.717, 1.165) is 31.2 Å². The molecule has 0 bridgehead atoms. The van der Waals surface area contributed by atoms with Crippen molar-refractivity contribution in [1.29, 1.82) is 0 Å². The fraction of sp³-hybridized carbons (Fsp3) is 0.550. The van der Waals surface area contributed by atoms with Gasteiger partial charge in [-0.25, -0.2) is 4.79 Å². The summed E-state index contributed by atoms with van der Waals surface area (Å²) in [6.07, 6.45) is 4.23. The fourth-order valence-electron chi connectivity index (χ4n) is 2.90. The summed E-state index contributed by atoms with van der Waals surface area (Å²) in [6, 6.07) is 7.69. The maximum absolute atomic E-state index is 12.0. The Labute approximate surface area is 164 Å². The van der Waals surface area contributed by atoms with Crippen molar-refractivity contribution < 1.29 is 19.1 Å². The molecule has 0 spiro atoms. The SMILES string of the molecule is Cc1ccc(CSCC(=O)O[C@@H](C)C(=O)NC(=O)NC2CCCCC2)cc1. The van der Waals surface area contributed by atoms with E-state index in [-0.39, 0.29) is 11.8 Å². The van der Waals surface area contributed by atoms with Crippen LogP contribution >= 0.6 is 11.8 Å². The second kappa shape index (κ2) is 11.0. The molecule has 7 heteroatoms. The normalized spacial score (nSPS) is 15.6. The third-order valence-corrected chi connectivity index (χ3v) is 5.44. The minimum Gasteiger partial charge on any atom is -0.452 e. The van der Waals surface area contributed by atoms with Gasteiger partial charge in [0.2, 0.25) is 0 Å². The molecule has 3 amide bonds. The quantitative estimate of drug-likeness (QED) is 0.696. The fourth-order valence-corrected chi connectivity index (χ4v) is 3.67. The van der Waals surface area contributed by atoms with Crippen molar-refractivity contribution in [3.05, 3.63) is 35.4 Å². The lowest BCUT2D eigenvalue weighted by Gasteiger charge is -2.23. The minimum absolute atomic E-state index is 0.114. The van der Waals surface area contributed by atoms with Crippen LogP contribution in [0.1, 0.15) is 50.2 Å². The number of benzene rings is 1. The number of nitrogens with one attached hydrogen (secondary N) is 2. The molecular formula is C20H28N2O4S. The molecule has 148 valence electrons. The molecule has 2 N–H and O–H groups in total. The lowest BCUT2D eigenvalue weighted by Crippen LogP contribution is -2.48. The maximum Gasteiger partial charge on any atom is 0.321 e. The van der Waals surface area contributed by atoms with Gasteiger partial charge >= 0.3 is 12.0 Å². The third kappa shape index (κ3) is 8.03. The Balaban J connectivity index is 1.64. The highest BCUT2D eigenvalue weighted by Crippen LogP contribution is 2.17. The van der Waals surface area contributed by atoms with Crippen LogP contribution in [0.25, 0.3) is 0 Å². The van der Waals surface area contributed by atoms with Gasteiger partial charge in [-0.05, 0) is 32.3 Å². The summed E-state index contributed by atoms with van der Waals surface area (Å²) in [5.41, 5.74) is 2.32. The molecule has 0 saturated heterocycles. The van der Waals surface area contributed by atoms with Gasteiger partial charge in [0.25, 0.3) is 5.91 Å². The molecule has 0 heterocycles. The molecule has 2 rings (SSSR count). The van der Waals surface area contributed by atoms with Gasteiger partial charge in [0.15, 0.2) is 6.10 Å². The first kappa shape index (κ1) is 21.3. The molecule has 1 aliphatic carbocycles. The van der Waals surface area contributed by atoms with Crippen molar-refractivity contribution in [3.8, 4) is 0 Å². The van der Waals surface area contributed by atoms with Crippen LogP contribution in [0.4, 0.5) is 4.79 Å². The molecule has 1 aromatic carbocycles. The first-order valence-electron chi connectivity index (χ1n) is 9.38. The highest BCUT2D eigenvalue weighted by Gasteiger charge is 2.22. The highest BCUT2D eigenvalue weighted by atomic mass is 32.2. The molecule has 1 aromatic rings. The molecule has 0 aromatic heterocycles. The number of aryl methyl sites for hydroxylation is 1. The summed E-state index contributed by atoms with van der Waals surface area (Å²) < 4.78 is 5.11. The van der Waals surface area contributed by atoms with E-state index in [0.29, 0.717) is 5.75 Å².